The van der Waals surface area contributed by atoms with Crippen LogP contribution in [0.4, 0.5) is 0 Å². The molecule has 0 bridgehead atoms. The van der Waals surface area contributed by atoms with Crippen molar-refractivity contribution in [3.8, 4) is 0 Å². The van der Waals surface area contributed by atoms with Crippen molar-refractivity contribution < 1.29 is 9.47 Å². The van der Waals surface area contributed by atoms with Gasteiger partial charge >= 0.3 is 0 Å². The van der Waals surface area contributed by atoms with Crippen molar-refractivity contribution in [1.82, 2.24) is 4.90 Å². The molecule has 0 aromatic carbocycles. The summed E-state index contributed by atoms with van der Waals surface area (Å²) in [5, 5.41) is 0. The highest BCUT2D eigenvalue weighted by molar-refractivity contribution is 4.87. The Morgan fingerprint density at radius 3 is 2.74 bits per heavy atom. The van der Waals surface area contributed by atoms with Crippen molar-refractivity contribution in [2.45, 2.75) is 63.6 Å². The number of nitrogens with zero attached hydrogens (tertiary/aromatic N) is 1. The molecule has 0 amide bonds. The quantitative estimate of drug-likeness (QED) is 0.827. The van der Waals surface area contributed by atoms with Gasteiger partial charge in [-0.25, -0.2) is 0 Å². The Morgan fingerprint density at radius 2 is 2.05 bits per heavy atom. The van der Waals surface area contributed by atoms with Gasteiger partial charge in [0.15, 0.2) is 0 Å². The van der Waals surface area contributed by atoms with Crippen molar-refractivity contribution in [3.05, 3.63) is 0 Å². The van der Waals surface area contributed by atoms with Crippen LogP contribution in [0.25, 0.3) is 0 Å². The molecule has 1 unspecified atom stereocenters. The summed E-state index contributed by atoms with van der Waals surface area (Å²) < 4.78 is 11.6. The summed E-state index contributed by atoms with van der Waals surface area (Å²) in [5.41, 5.74) is 6.30. The third kappa shape index (κ3) is 4.71. The summed E-state index contributed by atoms with van der Waals surface area (Å²) in [5.74, 6) is 0. The molecule has 2 aliphatic rings. The number of hydrogen-bond acceptors (Lipinski definition) is 4. The normalized spacial score (nSPS) is 28.7. The Kier molecular flexibility index (Phi) is 5.63. The molecule has 1 saturated heterocycles. The Hall–Kier alpha value is -0.160. The number of ether oxygens (including phenoxy) is 2. The predicted octanol–water partition coefficient (Wildman–Crippen LogP) is 1.77. The first-order valence-corrected chi connectivity index (χ1v) is 7.81. The number of morpholine rings is 1. The fraction of sp³-hybridized carbons (Fsp3) is 1.00. The Labute approximate surface area is 117 Å². The van der Waals surface area contributed by atoms with E-state index in [0.717, 1.165) is 32.5 Å². The van der Waals surface area contributed by atoms with Crippen LogP contribution in [0.5, 0.6) is 0 Å². The minimum Gasteiger partial charge on any atom is -0.377 e. The largest absolute Gasteiger partial charge is 0.377 e. The molecule has 19 heavy (non-hydrogen) atoms. The van der Waals surface area contributed by atoms with Gasteiger partial charge in [-0.1, -0.05) is 19.3 Å². The maximum absolute atomic E-state index is 6.37. The van der Waals surface area contributed by atoms with E-state index in [1.54, 1.807) is 0 Å². The zero-order valence-corrected chi connectivity index (χ0v) is 12.6. The molecule has 0 radical (unpaired) electrons. The molecule has 1 heterocycles. The molecular weight excluding hydrogens is 240 g/mol. The zero-order valence-electron chi connectivity index (χ0n) is 12.6. The van der Waals surface area contributed by atoms with Crippen LogP contribution < -0.4 is 5.73 Å². The van der Waals surface area contributed by atoms with Crippen molar-refractivity contribution in [2.24, 2.45) is 5.73 Å². The van der Waals surface area contributed by atoms with Crippen LogP contribution in [0.15, 0.2) is 0 Å². The molecule has 0 aromatic rings. The smallest absolute Gasteiger partial charge is 0.0935 e. The zero-order chi connectivity index (χ0) is 13.7. The molecule has 1 aliphatic heterocycles. The van der Waals surface area contributed by atoms with E-state index >= 15 is 0 Å². The minimum atomic E-state index is -0.0787. The molecule has 4 heteroatoms. The van der Waals surface area contributed by atoms with Crippen LogP contribution in [-0.2, 0) is 9.47 Å². The second kappa shape index (κ2) is 7.02. The van der Waals surface area contributed by atoms with E-state index in [4.69, 9.17) is 15.2 Å². The van der Waals surface area contributed by atoms with Crippen LogP contribution in [0.3, 0.4) is 0 Å². The second-order valence-electron chi connectivity index (χ2n) is 6.52. The highest BCUT2D eigenvalue weighted by Crippen LogP contribution is 2.26. The monoisotopic (exact) mass is 270 g/mol. The average Bonchev–Trinajstić information content (AvgIpc) is 2.39. The minimum absolute atomic E-state index is 0.0787. The van der Waals surface area contributed by atoms with Gasteiger partial charge in [0.1, 0.15) is 0 Å². The molecular formula is C15H30N2O2. The van der Waals surface area contributed by atoms with Gasteiger partial charge in [-0.2, -0.15) is 0 Å². The average molecular weight is 270 g/mol. The summed E-state index contributed by atoms with van der Waals surface area (Å²) in [6, 6.07) is 0.589. The Balaban J connectivity index is 1.67. The van der Waals surface area contributed by atoms with Gasteiger partial charge < -0.3 is 15.2 Å². The topological polar surface area (TPSA) is 47.7 Å². The van der Waals surface area contributed by atoms with Crippen LogP contribution in [0.1, 0.15) is 46.0 Å². The van der Waals surface area contributed by atoms with Crippen molar-refractivity contribution >= 4 is 0 Å². The molecule has 2 N–H and O–H groups in total. The van der Waals surface area contributed by atoms with Gasteiger partial charge in [-0.3, -0.25) is 4.90 Å². The predicted molar refractivity (Wildman–Crippen MR) is 77.3 cm³/mol. The standard InChI is InChI=1S/C15H30N2O2/c1-13(2)17-8-9-19-14(10-17)11-18-12-15(16)6-4-3-5-7-15/h13-14H,3-12,16H2,1-2H3. The van der Waals surface area contributed by atoms with Crippen LogP contribution >= 0.6 is 0 Å². The first-order chi connectivity index (χ1) is 9.09. The summed E-state index contributed by atoms with van der Waals surface area (Å²) in [6.07, 6.45) is 6.26. The lowest BCUT2D eigenvalue weighted by Gasteiger charge is -2.37. The summed E-state index contributed by atoms with van der Waals surface area (Å²) in [7, 11) is 0. The maximum Gasteiger partial charge on any atom is 0.0935 e. The third-order valence-corrected chi connectivity index (χ3v) is 4.44. The molecule has 112 valence electrons. The third-order valence-electron chi connectivity index (χ3n) is 4.44. The van der Waals surface area contributed by atoms with Gasteiger partial charge in [0.05, 0.1) is 25.9 Å². The van der Waals surface area contributed by atoms with Crippen LogP contribution in [0.2, 0.25) is 0 Å². The first-order valence-electron chi connectivity index (χ1n) is 7.81. The highest BCUT2D eigenvalue weighted by Gasteiger charge is 2.28. The lowest BCUT2D eigenvalue weighted by atomic mass is 9.83. The molecule has 2 fully saturated rings. The van der Waals surface area contributed by atoms with Crippen molar-refractivity contribution in [2.75, 3.05) is 32.9 Å². The van der Waals surface area contributed by atoms with E-state index in [1.165, 1.54) is 19.3 Å². The number of rotatable bonds is 5. The lowest BCUT2D eigenvalue weighted by molar-refractivity contribution is -0.0825. The van der Waals surface area contributed by atoms with E-state index in [-0.39, 0.29) is 11.6 Å². The lowest BCUT2D eigenvalue weighted by Crippen LogP contribution is -2.49. The van der Waals surface area contributed by atoms with Crippen molar-refractivity contribution in [3.63, 3.8) is 0 Å². The maximum atomic E-state index is 6.37. The molecule has 0 aromatic heterocycles. The molecule has 2 rings (SSSR count). The van der Waals surface area contributed by atoms with E-state index in [0.29, 0.717) is 19.3 Å². The summed E-state index contributed by atoms with van der Waals surface area (Å²) in [6.45, 7) is 8.68. The summed E-state index contributed by atoms with van der Waals surface area (Å²) >= 11 is 0. The van der Waals surface area contributed by atoms with Crippen LogP contribution in [0, 0.1) is 0 Å². The van der Waals surface area contributed by atoms with Crippen molar-refractivity contribution in [1.29, 1.82) is 0 Å². The van der Waals surface area contributed by atoms with E-state index in [9.17, 15) is 0 Å². The molecule has 1 saturated carbocycles. The Morgan fingerprint density at radius 1 is 1.32 bits per heavy atom. The number of hydrogen-bond donors (Lipinski definition) is 1. The molecule has 1 atom stereocenters. The highest BCUT2D eigenvalue weighted by atomic mass is 16.5. The van der Waals surface area contributed by atoms with E-state index < -0.39 is 0 Å². The first kappa shape index (κ1) is 15.2. The fourth-order valence-corrected chi connectivity index (χ4v) is 3.11. The van der Waals surface area contributed by atoms with Gasteiger partial charge in [0.25, 0.3) is 0 Å². The fourth-order valence-electron chi connectivity index (χ4n) is 3.11. The van der Waals surface area contributed by atoms with Gasteiger partial charge in [-0.15, -0.1) is 0 Å². The van der Waals surface area contributed by atoms with Gasteiger partial charge in [0, 0.05) is 24.7 Å². The second-order valence-corrected chi connectivity index (χ2v) is 6.52. The van der Waals surface area contributed by atoms with E-state index in [1.807, 2.05) is 0 Å². The van der Waals surface area contributed by atoms with Gasteiger partial charge in [0.2, 0.25) is 0 Å². The van der Waals surface area contributed by atoms with Gasteiger partial charge in [-0.05, 0) is 26.7 Å². The number of nitrogens with two attached hydrogens (primary N) is 1. The molecule has 0 spiro atoms. The SMILES string of the molecule is CC(C)N1CCOC(COCC2(N)CCCCC2)C1. The molecule has 4 nitrogen and oxygen atoms in total. The van der Waals surface area contributed by atoms with Crippen LogP contribution in [-0.4, -0.2) is 55.5 Å². The summed E-state index contributed by atoms with van der Waals surface area (Å²) in [4.78, 5) is 2.45. The van der Waals surface area contributed by atoms with E-state index in [2.05, 4.69) is 18.7 Å². The molecule has 1 aliphatic carbocycles. The Bertz CT molecular complexity index is 265.